The summed E-state index contributed by atoms with van der Waals surface area (Å²) in [6, 6.07) is 0. The summed E-state index contributed by atoms with van der Waals surface area (Å²) in [7, 11) is 0. The second-order valence-electron chi connectivity index (χ2n) is 4.31. The van der Waals surface area contributed by atoms with Crippen LogP contribution in [0.3, 0.4) is 0 Å². The topological polar surface area (TPSA) is 32.6 Å². The molecule has 1 aliphatic carbocycles. The summed E-state index contributed by atoms with van der Waals surface area (Å²) in [5.41, 5.74) is 0.209. The molecule has 1 fully saturated rings. The fourth-order valence-corrected chi connectivity index (χ4v) is 2.36. The summed E-state index contributed by atoms with van der Waals surface area (Å²) in [6.07, 6.45) is 9.17. The highest BCUT2D eigenvalue weighted by atomic mass is 16.4. The maximum absolute atomic E-state index is 8.61. The molecule has 1 aliphatic rings. The van der Waals surface area contributed by atoms with E-state index in [0.29, 0.717) is 0 Å². The van der Waals surface area contributed by atoms with Crippen molar-refractivity contribution in [1.82, 2.24) is 0 Å². The fourth-order valence-electron chi connectivity index (χ4n) is 2.36. The molecule has 15 heavy (non-hydrogen) atoms. The van der Waals surface area contributed by atoms with Gasteiger partial charge in [-0.3, -0.25) is 0 Å². The molecule has 0 unspecified atom stereocenters. The molecule has 0 spiro atoms. The van der Waals surface area contributed by atoms with Crippen LogP contribution in [0.4, 0.5) is 0 Å². The summed E-state index contributed by atoms with van der Waals surface area (Å²) in [4.78, 5) is 0. The van der Waals surface area contributed by atoms with Crippen molar-refractivity contribution in [3.8, 4) is 0 Å². The van der Waals surface area contributed by atoms with Gasteiger partial charge in [-0.05, 0) is 38.0 Å². The molecular weight excluding hydrogens is 186 g/mol. The lowest BCUT2D eigenvalue weighted by molar-refractivity contribution is 0.209. The Morgan fingerprint density at radius 3 is 2.13 bits per heavy atom. The first kappa shape index (κ1) is 14.5. The molecule has 0 radical (unpaired) electrons. The van der Waals surface area contributed by atoms with Gasteiger partial charge in [-0.25, -0.2) is 0 Å². The Hall–Kier alpha value is -0.530. The Kier molecular flexibility index (Phi) is 7.45. The number of rotatable bonds is 3. The van der Waals surface area contributed by atoms with Crippen LogP contribution in [0.2, 0.25) is 0 Å². The molecule has 0 aromatic carbocycles. The lowest BCUT2D eigenvalue weighted by Gasteiger charge is -2.36. The van der Waals surface area contributed by atoms with E-state index in [1.165, 1.54) is 32.1 Å². The Bertz CT molecular complexity index is 169. The molecule has 2 nitrogen and oxygen atoms in total. The number of oxime groups is 1. The fraction of sp³-hybridized carbons (Fsp3) is 0.923. The molecule has 0 heterocycles. The average Bonchev–Trinajstić information content (AvgIpc) is 2.33. The quantitative estimate of drug-likeness (QED) is 0.419. The number of hydrogen-bond acceptors (Lipinski definition) is 2. The van der Waals surface area contributed by atoms with Crippen LogP contribution in [0.1, 0.15) is 66.2 Å². The van der Waals surface area contributed by atoms with Crippen molar-refractivity contribution < 1.29 is 5.21 Å². The van der Waals surface area contributed by atoms with Crippen molar-refractivity contribution in [2.24, 2.45) is 16.5 Å². The lowest BCUT2D eigenvalue weighted by Crippen LogP contribution is -2.28. The van der Waals surface area contributed by atoms with Crippen molar-refractivity contribution in [3.63, 3.8) is 0 Å². The zero-order chi connectivity index (χ0) is 11.7. The molecule has 0 aromatic heterocycles. The summed E-state index contributed by atoms with van der Waals surface area (Å²) in [5.74, 6) is 0.909. The average molecular weight is 213 g/mol. The van der Waals surface area contributed by atoms with E-state index in [2.05, 4.69) is 19.0 Å². The Labute approximate surface area is 94.8 Å². The van der Waals surface area contributed by atoms with E-state index in [9.17, 15) is 0 Å². The third-order valence-electron chi connectivity index (χ3n) is 3.71. The molecule has 0 aliphatic heterocycles. The predicted molar refractivity (Wildman–Crippen MR) is 66.6 cm³/mol. The number of hydrogen-bond donors (Lipinski definition) is 1. The van der Waals surface area contributed by atoms with Crippen molar-refractivity contribution in [3.05, 3.63) is 0 Å². The van der Waals surface area contributed by atoms with Gasteiger partial charge < -0.3 is 5.21 Å². The predicted octanol–water partition coefficient (Wildman–Crippen LogP) is 4.47. The first-order valence-electron chi connectivity index (χ1n) is 6.45. The lowest BCUT2D eigenvalue weighted by atomic mass is 9.69. The highest BCUT2D eigenvalue weighted by Crippen LogP contribution is 2.40. The smallest absolute Gasteiger partial charge is 0.0497 e. The monoisotopic (exact) mass is 213 g/mol. The molecule has 1 N–H and O–H groups in total. The van der Waals surface area contributed by atoms with Crippen LogP contribution >= 0.6 is 0 Å². The van der Waals surface area contributed by atoms with E-state index in [1.807, 2.05) is 13.8 Å². The van der Waals surface area contributed by atoms with Crippen molar-refractivity contribution >= 4 is 6.21 Å². The van der Waals surface area contributed by atoms with E-state index in [-0.39, 0.29) is 5.41 Å². The van der Waals surface area contributed by atoms with Crippen LogP contribution in [0, 0.1) is 11.3 Å². The zero-order valence-electron chi connectivity index (χ0n) is 10.8. The maximum Gasteiger partial charge on any atom is 0.0497 e. The molecule has 0 bridgehead atoms. The SMILES string of the molecule is CC.CCC1CCC(/C=N/O)(CC)CC1. The van der Waals surface area contributed by atoms with Gasteiger partial charge in [0.15, 0.2) is 0 Å². The van der Waals surface area contributed by atoms with Gasteiger partial charge in [0.2, 0.25) is 0 Å². The van der Waals surface area contributed by atoms with E-state index in [0.717, 1.165) is 12.3 Å². The zero-order valence-corrected chi connectivity index (χ0v) is 10.8. The highest BCUT2D eigenvalue weighted by molar-refractivity contribution is 5.65. The van der Waals surface area contributed by atoms with Crippen LogP contribution in [0.25, 0.3) is 0 Å². The Balaban J connectivity index is 0.000000921. The highest BCUT2D eigenvalue weighted by Gasteiger charge is 2.31. The van der Waals surface area contributed by atoms with Gasteiger partial charge in [-0.15, -0.1) is 5.16 Å². The molecule has 90 valence electrons. The summed E-state index contributed by atoms with van der Waals surface area (Å²) >= 11 is 0. The van der Waals surface area contributed by atoms with Crippen LogP contribution < -0.4 is 0 Å². The van der Waals surface area contributed by atoms with Crippen LogP contribution in [-0.2, 0) is 0 Å². The maximum atomic E-state index is 8.61. The van der Waals surface area contributed by atoms with Crippen molar-refractivity contribution in [1.29, 1.82) is 0 Å². The van der Waals surface area contributed by atoms with Crippen LogP contribution in [0.15, 0.2) is 5.16 Å². The first-order chi connectivity index (χ1) is 7.26. The van der Waals surface area contributed by atoms with E-state index in [4.69, 9.17) is 5.21 Å². The molecule has 0 amide bonds. The third kappa shape index (κ3) is 4.23. The Morgan fingerprint density at radius 2 is 1.80 bits per heavy atom. The van der Waals surface area contributed by atoms with Gasteiger partial charge in [0.05, 0.1) is 0 Å². The molecule has 0 saturated heterocycles. The standard InChI is InChI=1S/C11H21NO.C2H6/c1-3-10-5-7-11(4-2,8-6-10)9-12-13;1-2/h9-10,13H,3-8H2,1-2H3;1-2H3/b12-9+;. The van der Waals surface area contributed by atoms with E-state index < -0.39 is 0 Å². The van der Waals surface area contributed by atoms with Gasteiger partial charge in [0, 0.05) is 11.6 Å². The molecule has 1 rings (SSSR count). The minimum Gasteiger partial charge on any atom is -0.411 e. The van der Waals surface area contributed by atoms with Gasteiger partial charge in [-0.1, -0.05) is 34.1 Å². The van der Waals surface area contributed by atoms with Gasteiger partial charge in [0.25, 0.3) is 0 Å². The summed E-state index contributed by atoms with van der Waals surface area (Å²) in [6.45, 7) is 8.46. The minimum atomic E-state index is 0.209. The molecule has 2 heteroatoms. The van der Waals surface area contributed by atoms with Gasteiger partial charge in [0.1, 0.15) is 0 Å². The molecule has 0 aromatic rings. The van der Waals surface area contributed by atoms with E-state index >= 15 is 0 Å². The second-order valence-corrected chi connectivity index (χ2v) is 4.31. The second kappa shape index (κ2) is 7.72. The number of nitrogens with zero attached hydrogens (tertiary/aromatic N) is 1. The normalized spacial score (nSPS) is 31.1. The van der Waals surface area contributed by atoms with Crippen LogP contribution in [0.5, 0.6) is 0 Å². The summed E-state index contributed by atoms with van der Waals surface area (Å²) in [5, 5.41) is 11.8. The largest absolute Gasteiger partial charge is 0.411 e. The molecule has 1 saturated carbocycles. The summed E-state index contributed by atoms with van der Waals surface area (Å²) < 4.78 is 0. The van der Waals surface area contributed by atoms with E-state index in [1.54, 1.807) is 6.21 Å². The van der Waals surface area contributed by atoms with Gasteiger partial charge >= 0.3 is 0 Å². The first-order valence-corrected chi connectivity index (χ1v) is 6.45. The van der Waals surface area contributed by atoms with Gasteiger partial charge in [-0.2, -0.15) is 0 Å². The molecular formula is C13H27NO. The Morgan fingerprint density at radius 1 is 1.27 bits per heavy atom. The third-order valence-corrected chi connectivity index (χ3v) is 3.71. The van der Waals surface area contributed by atoms with Crippen molar-refractivity contribution in [2.45, 2.75) is 66.2 Å². The van der Waals surface area contributed by atoms with Crippen LogP contribution in [-0.4, -0.2) is 11.4 Å². The van der Waals surface area contributed by atoms with Crippen molar-refractivity contribution in [2.75, 3.05) is 0 Å². The molecule has 0 atom stereocenters. The minimum absolute atomic E-state index is 0.209.